The van der Waals surface area contributed by atoms with Crippen molar-refractivity contribution in [2.45, 2.75) is 49.6 Å². The van der Waals surface area contributed by atoms with Crippen molar-refractivity contribution in [1.29, 1.82) is 0 Å². The summed E-state index contributed by atoms with van der Waals surface area (Å²) >= 11 is 0. The van der Waals surface area contributed by atoms with E-state index in [2.05, 4.69) is 26.7 Å². The highest BCUT2D eigenvalue weighted by molar-refractivity contribution is 5.78. The van der Waals surface area contributed by atoms with Gasteiger partial charge in [-0.3, -0.25) is 4.79 Å². The smallest absolute Gasteiger partial charge is 0.366 e. The topological polar surface area (TPSA) is 183 Å². The van der Waals surface area contributed by atoms with Crippen LogP contribution in [0.25, 0.3) is 10.4 Å². The first-order valence-electron chi connectivity index (χ1n) is 8.05. The summed E-state index contributed by atoms with van der Waals surface area (Å²) in [4.78, 5) is 26.2. The lowest BCUT2D eigenvalue weighted by Gasteiger charge is -2.46. The third-order valence-corrected chi connectivity index (χ3v) is 3.94. The van der Waals surface area contributed by atoms with Crippen molar-refractivity contribution in [3.8, 4) is 0 Å². The van der Waals surface area contributed by atoms with Gasteiger partial charge in [-0.15, -0.1) is 6.58 Å². The summed E-state index contributed by atoms with van der Waals surface area (Å²) in [5, 5.41) is 36.5. The minimum absolute atomic E-state index is 0.142. The number of amides is 1. The van der Waals surface area contributed by atoms with Gasteiger partial charge in [0.05, 0.1) is 38.5 Å². The minimum Gasteiger partial charge on any atom is -0.465 e. The number of nitrogens with one attached hydrogen (secondary N) is 1. The highest BCUT2D eigenvalue weighted by Crippen LogP contribution is 2.34. The Hall–Kier alpha value is -2.21. The van der Waals surface area contributed by atoms with Gasteiger partial charge < -0.3 is 34.8 Å². The molecule has 12 heteroatoms. The van der Waals surface area contributed by atoms with Crippen molar-refractivity contribution in [3.63, 3.8) is 0 Å². The SMILES string of the molecule is C=CCO[C@]1(C(=O)OC)C[C@@H](O)[C@H](NC(C)=O)C([C@H](O)[C@H](O)CN=[N+]=[N-])O1. The van der Waals surface area contributed by atoms with Crippen LogP contribution in [0.5, 0.6) is 0 Å². The second-order valence-corrected chi connectivity index (χ2v) is 5.90. The van der Waals surface area contributed by atoms with E-state index in [1.54, 1.807) is 0 Å². The Balaban J connectivity index is 3.25. The number of carbonyl (C=O) groups is 2. The van der Waals surface area contributed by atoms with Crippen LogP contribution in [0.2, 0.25) is 0 Å². The molecule has 1 aliphatic heterocycles. The maximum atomic E-state index is 12.3. The number of methoxy groups -OCH3 is 1. The molecule has 0 bridgehead atoms. The average Bonchev–Trinajstić information content (AvgIpc) is 2.64. The molecule has 1 unspecified atom stereocenters. The highest BCUT2D eigenvalue weighted by Gasteiger charge is 2.56. The maximum absolute atomic E-state index is 12.3. The van der Waals surface area contributed by atoms with Crippen molar-refractivity contribution in [2.24, 2.45) is 5.11 Å². The molecule has 1 rings (SSSR count). The zero-order valence-electron chi connectivity index (χ0n) is 15.0. The van der Waals surface area contributed by atoms with E-state index < -0.39 is 61.1 Å². The summed E-state index contributed by atoms with van der Waals surface area (Å²) in [6.07, 6.45) is -5.28. The Morgan fingerprint density at radius 1 is 1.56 bits per heavy atom. The van der Waals surface area contributed by atoms with Crippen LogP contribution in [0.3, 0.4) is 0 Å². The van der Waals surface area contributed by atoms with Gasteiger partial charge in [-0.05, 0) is 5.53 Å². The number of aliphatic hydroxyl groups excluding tert-OH is 3. The number of ether oxygens (including phenoxy) is 3. The Labute approximate surface area is 155 Å². The molecule has 0 aromatic heterocycles. The lowest BCUT2D eigenvalue weighted by molar-refractivity contribution is -0.308. The molecule has 0 saturated carbocycles. The fraction of sp³-hybridized carbons (Fsp3) is 0.733. The molecular weight excluding hydrogens is 364 g/mol. The number of carbonyl (C=O) groups excluding carboxylic acids is 2. The summed E-state index contributed by atoms with van der Waals surface area (Å²) in [6, 6.07) is -1.18. The second-order valence-electron chi connectivity index (χ2n) is 5.90. The number of azide groups is 1. The summed E-state index contributed by atoms with van der Waals surface area (Å²) in [5.74, 6) is -3.62. The van der Waals surface area contributed by atoms with Crippen molar-refractivity contribution in [3.05, 3.63) is 23.1 Å². The third kappa shape index (κ3) is 5.63. The largest absolute Gasteiger partial charge is 0.465 e. The van der Waals surface area contributed by atoms with E-state index in [4.69, 9.17) is 15.0 Å². The van der Waals surface area contributed by atoms with Crippen molar-refractivity contribution in [2.75, 3.05) is 20.3 Å². The standard InChI is InChI=1S/C15H24N4O8/c1-4-5-26-15(14(24)25-3)6-9(21)11(18-8(2)20)13(27-15)12(23)10(22)7-17-19-16/h4,9-13,21-23H,1,5-7H2,2-3H3,(H,18,20)/t9-,10-,11+,12-,13?,15-/m1/s1. The number of nitrogens with zero attached hydrogens (tertiary/aromatic N) is 3. The van der Waals surface area contributed by atoms with E-state index in [1.165, 1.54) is 13.0 Å². The third-order valence-electron chi connectivity index (χ3n) is 3.94. The van der Waals surface area contributed by atoms with Crippen LogP contribution in [0, 0.1) is 0 Å². The number of aliphatic hydroxyl groups is 3. The molecule has 1 heterocycles. The molecule has 0 radical (unpaired) electrons. The van der Waals surface area contributed by atoms with Crippen LogP contribution in [-0.4, -0.2) is 83.7 Å². The molecule has 4 N–H and O–H groups in total. The van der Waals surface area contributed by atoms with E-state index in [1.807, 2.05) is 0 Å². The Morgan fingerprint density at radius 3 is 2.74 bits per heavy atom. The van der Waals surface area contributed by atoms with Crippen LogP contribution in [0.1, 0.15) is 13.3 Å². The van der Waals surface area contributed by atoms with E-state index >= 15 is 0 Å². The molecule has 1 fully saturated rings. The van der Waals surface area contributed by atoms with E-state index in [0.717, 1.165) is 7.11 Å². The van der Waals surface area contributed by atoms with Gasteiger partial charge in [-0.2, -0.15) is 0 Å². The quantitative estimate of drug-likeness (QED) is 0.124. The Kier molecular flexibility index (Phi) is 8.63. The molecule has 1 amide bonds. The molecule has 27 heavy (non-hydrogen) atoms. The van der Waals surface area contributed by atoms with Crippen molar-refractivity contribution in [1.82, 2.24) is 5.32 Å². The van der Waals surface area contributed by atoms with Gasteiger partial charge >= 0.3 is 5.97 Å². The molecule has 0 spiro atoms. The van der Waals surface area contributed by atoms with Crippen LogP contribution in [0.4, 0.5) is 0 Å². The summed E-state index contributed by atoms with van der Waals surface area (Å²) < 4.78 is 15.7. The van der Waals surface area contributed by atoms with Gasteiger partial charge in [0.15, 0.2) is 0 Å². The molecule has 0 aromatic rings. The zero-order valence-corrected chi connectivity index (χ0v) is 15.0. The fourth-order valence-corrected chi connectivity index (χ4v) is 2.74. The number of hydrogen-bond acceptors (Lipinski definition) is 9. The highest BCUT2D eigenvalue weighted by atomic mass is 16.7. The van der Waals surface area contributed by atoms with E-state index in [9.17, 15) is 24.9 Å². The second kappa shape index (κ2) is 10.2. The Morgan fingerprint density at radius 2 is 2.22 bits per heavy atom. The van der Waals surface area contributed by atoms with Gasteiger partial charge in [0.25, 0.3) is 5.79 Å². The van der Waals surface area contributed by atoms with Crippen LogP contribution >= 0.6 is 0 Å². The first kappa shape index (κ1) is 22.8. The molecule has 1 saturated heterocycles. The lowest BCUT2D eigenvalue weighted by atomic mass is 9.88. The lowest BCUT2D eigenvalue weighted by Crippen LogP contribution is -2.68. The van der Waals surface area contributed by atoms with Crippen molar-refractivity contribution >= 4 is 11.9 Å². The van der Waals surface area contributed by atoms with E-state index in [-0.39, 0.29) is 6.61 Å². The first-order chi connectivity index (χ1) is 12.7. The number of hydrogen-bond donors (Lipinski definition) is 4. The fourth-order valence-electron chi connectivity index (χ4n) is 2.74. The molecule has 152 valence electrons. The molecule has 6 atom stereocenters. The number of rotatable bonds is 9. The Bertz CT molecular complexity index is 596. The summed E-state index contributed by atoms with van der Waals surface area (Å²) in [6.45, 7) is 4.00. The predicted molar refractivity (Wildman–Crippen MR) is 90.0 cm³/mol. The van der Waals surface area contributed by atoms with Gasteiger partial charge in [0.1, 0.15) is 12.2 Å². The van der Waals surface area contributed by atoms with E-state index in [0.29, 0.717) is 0 Å². The number of esters is 1. The normalized spacial score (nSPS) is 29.7. The van der Waals surface area contributed by atoms with Crippen LogP contribution in [-0.2, 0) is 23.8 Å². The van der Waals surface area contributed by atoms with Gasteiger partial charge in [0.2, 0.25) is 5.91 Å². The minimum atomic E-state index is -2.10. The zero-order chi connectivity index (χ0) is 20.6. The predicted octanol–water partition coefficient (Wildman–Crippen LogP) is -1.26. The summed E-state index contributed by atoms with van der Waals surface area (Å²) in [7, 11) is 1.08. The summed E-state index contributed by atoms with van der Waals surface area (Å²) in [5.41, 5.74) is 8.35. The van der Waals surface area contributed by atoms with Gasteiger partial charge in [0, 0.05) is 18.3 Å². The first-order valence-corrected chi connectivity index (χ1v) is 8.05. The molecule has 12 nitrogen and oxygen atoms in total. The van der Waals surface area contributed by atoms with Gasteiger partial charge in [-0.1, -0.05) is 11.2 Å². The monoisotopic (exact) mass is 388 g/mol. The molecule has 0 aliphatic carbocycles. The van der Waals surface area contributed by atoms with Gasteiger partial charge in [-0.25, -0.2) is 4.79 Å². The molecule has 0 aromatic carbocycles. The van der Waals surface area contributed by atoms with Crippen LogP contribution < -0.4 is 5.32 Å². The van der Waals surface area contributed by atoms with Crippen LogP contribution in [0.15, 0.2) is 17.8 Å². The molecule has 1 aliphatic rings. The molecular formula is C15H24N4O8. The maximum Gasteiger partial charge on any atom is 0.366 e. The van der Waals surface area contributed by atoms with Crippen molar-refractivity contribution < 1.29 is 39.1 Å². The average molecular weight is 388 g/mol.